The maximum atomic E-state index is 10.6. The molecule has 0 aliphatic carbocycles. The molecule has 0 fully saturated rings. The molecule has 116 valence electrons. The highest BCUT2D eigenvalue weighted by Gasteiger charge is 2.08. The van der Waals surface area contributed by atoms with Crippen LogP contribution in [0.25, 0.3) is 0 Å². The van der Waals surface area contributed by atoms with Crippen LogP contribution in [0, 0.1) is 0 Å². The van der Waals surface area contributed by atoms with Crippen LogP contribution < -0.4 is 21.1 Å². The third-order valence-electron chi connectivity index (χ3n) is 2.65. The predicted molar refractivity (Wildman–Crippen MR) is 76.3 cm³/mol. The molecular formula is C13H19N3O5. The number of primary amides is 2. The minimum atomic E-state index is -0.835. The van der Waals surface area contributed by atoms with Crippen LogP contribution in [-0.2, 0) is 9.47 Å². The van der Waals surface area contributed by atoms with Crippen molar-refractivity contribution >= 4 is 17.9 Å². The van der Waals surface area contributed by atoms with Crippen molar-refractivity contribution in [2.24, 2.45) is 11.5 Å². The average molecular weight is 297 g/mol. The molecule has 0 aromatic heterocycles. The Morgan fingerprint density at radius 3 is 1.86 bits per heavy atom. The van der Waals surface area contributed by atoms with Crippen molar-refractivity contribution in [1.29, 1.82) is 0 Å². The Labute approximate surface area is 122 Å². The van der Waals surface area contributed by atoms with Gasteiger partial charge in [-0.15, -0.1) is 0 Å². The van der Waals surface area contributed by atoms with E-state index in [1.807, 2.05) is 17.0 Å². The highest BCUT2D eigenvalue weighted by molar-refractivity contribution is 5.65. The van der Waals surface area contributed by atoms with Gasteiger partial charge >= 0.3 is 12.2 Å². The number of carbonyl (C=O) groups excluding carboxylic acids is 2. The Morgan fingerprint density at radius 1 is 1.00 bits per heavy atom. The number of methoxy groups -OCH3 is 1. The number of benzene rings is 1. The fourth-order valence-corrected chi connectivity index (χ4v) is 1.68. The van der Waals surface area contributed by atoms with E-state index in [1.54, 1.807) is 19.2 Å². The van der Waals surface area contributed by atoms with E-state index in [1.165, 1.54) is 0 Å². The second kappa shape index (κ2) is 8.51. The lowest BCUT2D eigenvalue weighted by atomic mass is 10.2. The molecule has 4 N–H and O–H groups in total. The number of nitrogens with zero attached hydrogens (tertiary/aromatic N) is 1. The lowest BCUT2D eigenvalue weighted by Crippen LogP contribution is -2.33. The molecule has 0 aliphatic rings. The molecule has 0 atom stereocenters. The Kier molecular flexibility index (Phi) is 6.66. The van der Waals surface area contributed by atoms with Crippen LogP contribution in [0.5, 0.6) is 5.75 Å². The average Bonchev–Trinajstić information content (AvgIpc) is 2.45. The molecule has 0 unspecified atom stereocenters. The Morgan fingerprint density at radius 2 is 1.48 bits per heavy atom. The Hall–Kier alpha value is -2.64. The third kappa shape index (κ3) is 6.37. The normalized spacial score (nSPS) is 9.76. The van der Waals surface area contributed by atoms with Crippen molar-refractivity contribution in [2.75, 3.05) is 38.3 Å². The monoisotopic (exact) mass is 297 g/mol. The Balaban J connectivity index is 2.63. The highest BCUT2D eigenvalue weighted by atomic mass is 16.5. The predicted octanol–water partition coefficient (Wildman–Crippen LogP) is 0.692. The van der Waals surface area contributed by atoms with Crippen molar-refractivity contribution in [3.8, 4) is 5.75 Å². The van der Waals surface area contributed by atoms with Gasteiger partial charge in [0.05, 0.1) is 20.2 Å². The van der Waals surface area contributed by atoms with E-state index in [9.17, 15) is 9.59 Å². The summed E-state index contributed by atoms with van der Waals surface area (Å²) in [4.78, 5) is 23.0. The van der Waals surface area contributed by atoms with Gasteiger partial charge in [-0.2, -0.15) is 0 Å². The summed E-state index contributed by atoms with van der Waals surface area (Å²) in [6.07, 6.45) is -1.67. The molecule has 21 heavy (non-hydrogen) atoms. The standard InChI is InChI=1S/C13H19N3O5/c1-19-11-4-2-10(3-5-11)16(6-8-20-12(14)17)7-9-21-13(15)18/h2-5H,6-9H2,1H3,(H2,14,17)(H2,15,18). The number of amides is 2. The molecule has 1 aromatic carbocycles. The zero-order valence-electron chi connectivity index (χ0n) is 11.8. The number of carbonyl (C=O) groups is 2. The maximum absolute atomic E-state index is 10.6. The van der Waals surface area contributed by atoms with E-state index >= 15 is 0 Å². The van der Waals surface area contributed by atoms with Gasteiger partial charge in [-0.25, -0.2) is 9.59 Å². The van der Waals surface area contributed by atoms with E-state index in [2.05, 4.69) is 0 Å². The van der Waals surface area contributed by atoms with Gasteiger partial charge in [0.1, 0.15) is 19.0 Å². The second-order valence-corrected chi connectivity index (χ2v) is 4.02. The molecule has 0 spiro atoms. The van der Waals surface area contributed by atoms with Crippen molar-refractivity contribution in [2.45, 2.75) is 0 Å². The van der Waals surface area contributed by atoms with Gasteiger partial charge in [0.2, 0.25) is 0 Å². The lowest BCUT2D eigenvalue weighted by Gasteiger charge is -2.24. The second-order valence-electron chi connectivity index (χ2n) is 4.02. The van der Waals surface area contributed by atoms with Gasteiger partial charge in [0.15, 0.2) is 0 Å². The summed E-state index contributed by atoms with van der Waals surface area (Å²) >= 11 is 0. The third-order valence-corrected chi connectivity index (χ3v) is 2.65. The van der Waals surface area contributed by atoms with E-state index in [4.69, 9.17) is 25.7 Å². The zero-order chi connectivity index (χ0) is 15.7. The van der Waals surface area contributed by atoms with Crippen LogP contribution in [-0.4, -0.2) is 45.6 Å². The van der Waals surface area contributed by atoms with Crippen LogP contribution in [0.2, 0.25) is 0 Å². The van der Waals surface area contributed by atoms with Gasteiger partial charge in [-0.05, 0) is 24.3 Å². The first-order valence-electron chi connectivity index (χ1n) is 6.26. The topological polar surface area (TPSA) is 117 Å². The summed E-state index contributed by atoms with van der Waals surface area (Å²) in [6, 6.07) is 7.28. The first kappa shape index (κ1) is 16.4. The van der Waals surface area contributed by atoms with Crippen LogP contribution >= 0.6 is 0 Å². The minimum Gasteiger partial charge on any atom is -0.497 e. The van der Waals surface area contributed by atoms with Gasteiger partial charge in [-0.1, -0.05) is 0 Å². The molecule has 0 heterocycles. The molecule has 8 heteroatoms. The van der Waals surface area contributed by atoms with Crippen molar-refractivity contribution in [3.05, 3.63) is 24.3 Å². The van der Waals surface area contributed by atoms with Crippen LogP contribution in [0.15, 0.2) is 24.3 Å². The first-order valence-corrected chi connectivity index (χ1v) is 6.26. The number of ether oxygens (including phenoxy) is 3. The largest absolute Gasteiger partial charge is 0.497 e. The smallest absolute Gasteiger partial charge is 0.404 e. The minimum absolute atomic E-state index is 0.123. The summed E-state index contributed by atoms with van der Waals surface area (Å²) in [5, 5.41) is 0. The molecule has 0 saturated carbocycles. The zero-order valence-corrected chi connectivity index (χ0v) is 11.8. The highest BCUT2D eigenvalue weighted by Crippen LogP contribution is 2.18. The quantitative estimate of drug-likeness (QED) is 0.729. The van der Waals surface area contributed by atoms with Gasteiger partial charge in [-0.3, -0.25) is 0 Å². The van der Waals surface area contributed by atoms with Gasteiger partial charge < -0.3 is 30.6 Å². The van der Waals surface area contributed by atoms with E-state index in [0.717, 1.165) is 11.4 Å². The van der Waals surface area contributed by atoms with E-state index < -0.39 is 12.2 Å². The summed E-state index contributed by atoms with van der Waals surface area (Å²) < 4.78 is 14.5. The molecule has 0 aliphatic heterocycles. The summed E-state index contributed by atoms with van der Waals surface area (Å²) in [5.74, 6) is 0.723. The molecule has 8 nitrogen and oxygen atoms in total. The molecule has 0 radical (unpaired) electrons. The number of hydrogen-bond acceptors (Lipinski definition) is 6. The molecule has 0 bridgehead atoms. The lowest BCUT2D eigenvalue weighted by molar-refractivity contribution is 0.154. The molecule has 1 rings (SSSR count). The van der Waals surface area contributed by atoms with Gasteiger partial charge in [0, 0.05) is 5.69 Å². The SMILES string of the molecule is COc1ccc(N(CCOC(N)=O)CCOC(N)=O)cc1. The summed E-state index contributed by atoms with van der Waals surface area (Å²) in [5.41, 5.74) is 10.7. The van der Waals surface area contributed by atoms with E-state index in [0.29, 0.717) is 13.1 Å². The number of anilines is 1. The van der Waals surface area contributed by atoms with E-state index in [-0.39, 0.29) is 13.2 Å². The van der Waals surface area contributed by atoms with Crippen molar-refractivity contribution in [3.63, 3.8) is 0 Å². The number of rotatable bonds is 8. The maximum Gasteiger partial charge on any atom is 0.404 e. The van der Waals surface area contributed by atoms with Gasteiger partial charge in [0.25, 0.3) is 0 Å². The number of nitrogens with two attached hydrogens (primary N) is 2. The number of hydrogen-bond donors (Lipinski definition) is 2. The molecule has 1 aromatic rings. The Bertz CT molecular complexity index is 443. The first-order chi connectivity index (χ1) is 10.0. The van der Waals surface area contributed by atoms with Crippen LogP contribution in [0.1, 0.15) is 0 Å². The van der Waals surface area contributed by atoms with Crippen molar-refractivity contribution < 1.29 is 23.8 Å². The summed E-state index contributed by atoms with van der Waals surface area (Å²) in [7, 11) is 1.58. The fraction of sp³-hybridized carbons (Fsp3) is 0.385. The van der Waals surface area contributed by atoms with Crippen LogP contribution in [0.4, 0.5) is 15.3 Å². The van der Waals surface area contributed by atoms with Crippen LogP contribution in [0.3, 0.4) is 0 Å². The molecule has 2 amide bonds. The summed E-state index contributed by atoms with van der Waals surface area (Å²) in [6.45, 7) is 1.05. The fourth-order valence-electron chi connectivity index (χ4n) is 1.68. The molecular weight excluding hydrogens is 278 g/mol. The van der Waals surface area contributed by atoms with Crippen molar-refractivity contribution in [1.82, 2.24) is 0 Å². The molecule has 0 saturated heterocycles.